The summed E-state index contributed by atoms with van der Waals surface area (Å²) in [5.41, 5.74) is 2.53. The van der Waals surface area contributed by atoms with E-state index in [1.54, 1.807) is 49.6 Å². The Kier molecular flexibility index (Phi) is 4.98. The van der Waals surface area contributed by atoms with Gasteiger partial charge in [0.15, 0.2) is 0 Å². The average molecular weight is 408 g/mol. The molecule has 4 rings (SSSR count). The van der Waals surface area contributed by atoms with E-state index in [0.29, 0.717) is 30.1 Å². The Morgan fingerprint density at radius 1 is 1.00 bits per heavy atom. The number of amides is 1. The quantitative estimate of drug-likeness (QED) is 0.699. The third-order valence-corrected chi connectivity index (χ3v) is 6.67. The molecule has 1 amide bonds. The Bertz CT molecular complexity index is 1170. The molecule has 148 valence electrons. The van der Waals surface area contributed by atoms with Gasteiger partial charge in [0, 0.05) is 23.9 Å². The van der Waals surface area contributed by atoms with Gasteiger partial charge in [0.2, 0.25) is 0 Å². The van der Waals surface area contributed by atoms with Crippen LogP contribution >= 0.6 is 0 Å². The fraction of sp³-hybridized carbons (Fsp3) is 0.136. The number of nitrogens with zero attached hydrogens (tertiary/aromatic N) is 1. The Balaban J connectivity index is 1.61. The summed E-state index contributed by atoms with van der Waals surface area (Å²) in [6, 6.07) is 20.5. The van der Waals surface area contributed by atoms with E-state index < -0.39 is 15.9 Å². The number of rotatable bonds is 5. The van der Waals surface area contributed by atoms with Crippen molar-refractivity contribution in [3.8, 4) is 5.75 Å². The van der Waals surface area contributed by atoms with Crippen LogP contribution in [0.3, 0.4) is 0 Å². The van der Waals surface area contributed by atoms with Crippen LogP contribution in [0.5, 0.6) is 5.75 Å². The summed E-state index contributed by atoms with van der Waals surface area (Å²) in [7, 11) is -2.21. The van der Waals surface area contributed by atoms with Crippen LogP contribution in [-0.2, 0) is 16.4 Å². The van der Waals surface area contributed by atoms with Crippen LogP contribution in [0.2, 0.25) is 0 Å². The van der Waals surface area contributed by atoms with Gasteiger partial charge in [-0.2, -0.15) is 0 Å². The van der Waals surface area contributed by atoms with Gasteiger partial charge >= 0.3 is 0 Å². The number of para-hydroxylation sites is 1. The number of ether oxygens (including phenoxy) is 1. The maximum Gasteiger partial charge on any atom is 0.264 e. The molecule has 6 nitrogen and oxygen atoms in total. The molecule has 3 aromatic carbocycles. The zero-order chi connectivity index (χ0) is 20.4. The number of carbonyl (C=O) groups excluding carboxylic acids is 1. The van der Waals surface area contributed by atoms with Gasteiger partial charge in [0.25, 0.3) is 15.9 Å². The molecule has 0 atom stereocenters. The first-order valence-electron chi connectivity index (χ1n) is 9.15. The van der Waals surface area contributed by atoms with Crippen molar-refractivity contribution in [3.05, 3.63) is 83.9 Å². The Labute approximate surface area is 169 Å². The summed E-state index contributed by atoms with van der Waals surface area (Å²) < 4.78 is 32.9. The van der Waals surface area contributed by atoms with Crippen molar-refractivity contribution < 1.29 is 17.9 Å². The van der Waals surface area contributed by atoms with Crippen molar-refractivity contribution in [3.63, 3.8) is 0 Å². The molecule has 0 saturated carbocycles. The highest BCUT2D eigenvalue weighted by molar-refractivity contribution is 7.92. The number of sulfonamides is 1. The lowest BCUT2D eigenvalue weighted by Crippen LogP contribution is -2.29. The summed E-state index contributed by atoms with van der Waals surface area (Å²) in [4.78, 5) is 12.7. The molecule has 1 N–H and O–H groups in total. The zero-order valence-electron chi connectivity index (χ0n) is 15.8. The maximum absolute atomic E-state index is 13.2. The molecule has 3 aromatic rings. The van der Waals surface area contributed by atoms with Crippen molar-refractivity contribution in [1.82, 2.24) is 0 Å². The van der Waals surface area contributed by atoms with Gasteiger partial charge in [-0.3, -0.25) is 9.10 Å². The topological polar surface area (TPSA) is 75.7 Å². The molecule has 0 aromatic heterocycles. The zero-order valence-corrected chi connectivity index (χ0v) is 16.6. The predicted molar refractivity (Wildman–Crippen MR) is 112 cm³/mol. The van der Waals surface area contributed by atoms with Gasteiger partial charge in [-0.25, -0.2) is 8.42 Å². The number of nitrogens with one attached hydrogen (secondary N) is 1. The van der Waals surface area contributed by atoms with Crippen molar-refractivity contribution >= 4 is 27.3 Å². The van der Waals surface area contributed by atoms with E-state index in [1.165, 1.54) is 16.4 Å². The molecule has 7 heteroatoms. The summed E-state index contributed by atoms with van der Waals surface area (Å²) >= 11 is 0. The number of carbonyl (C=O) groups is 1. The highest BCUT2D eigenvalue weighted by atomic mass is 32.2. The number of hydrogen-bond donors (Lipinski definition) is 1. The molecule has 0 radical (unpaired) electrons. The first kappa shape index (κ1) is 19.0. The fourth-order valence-corrected chi connectivity index (χ4v) is 4.94. The number of hydrogen-bond acceptors (Lipinski definition) is 4. The third kappa shape index (κ3) is 3.69. The smallest absolute Gasteiger partial charge is 0.264 e. The molecule has 0 fully saturated rings. The minimum Gasteiger partial charge on any atom is -0.497 e. The molecular weight excluding hydrogens is 388 g/mol. The monoisotopic (exact) mass is 408 g/mol. The molecule has 0 bridgehead atoms. The van der Waals surface area contributed by atoms with Gasteiger partial charge in [0.05, 0.1) is 17.7 Å². The first-order valence-corrected chi connectivity index (χ1v) is 10.6. The Morgan fingerprint density at radius 3 is 2.62 bits per heavy atom. The van der Waals surface area contributed by atoms with E-state index in [9.17, 15) is 13.2 Å². The number of benzene rings is 3. The lowest BCUT2D eigenvalue weighted by Gasteiger charge is -2.20. The van der Waals surface area contributed by atoms with Crippen LogP contribution in [0.1, 0.15) is 15.9 Å². The minimum atomic E-state index is -3.76. The molecule has 0 unspecified atom stereocenters. The molecule has 1 aliphatic rings. The van der Waals surface area contributed by atoms with Crippen molar-refractivity contribution in [1.29, 1.82) is 0 Å². The molecule has 0 spiro atoms. The van der Waals surface area contributed by atoms with E-state index in [1.807, 2.05) is 18.2 Å². The van der Waals surface area contributed by atoms with Gasteiger partial charge < -0.3 is 10.1 Å². The van der Waals surface area contributed by atoms with Crippen molar-refractivity contribution in [2.24, 2.45) is 0 Å². The van der Waals surface area contributed by atoms with Crippen LogP contribution in [-0.4, -0.2) is 28.0 Å². The summed E-state index contributed by atoms with van der Waals surface area (Å²) in [6.45, 7) is 0.391. The Hall–Kier alpha value is -3.32. The normalized spacial score (nSPS) is 13.1. The largest absolute Gasteiger partial charge is 0.497 e. The van der Waals surface area contributed by atoms with Gasteiger partial charge in [-0.1, -0.05) is 30.3 Å². The van der Waals surface area contributed by atoms with E-state index in [-0.39, 0.29) is 10.5 Å². The van der Waals surface area contributed by atoms with E-state index in [2.05, 4.69) is 5.32 Å². The molecule has 0 saturated heterocycles. The summed E-state index contributed by atoms with van der Waals surface area (Å²) in [5, 5.41) is 2.77. The highest BCUT2D eigenvalue weighted by Crippen LogP contribution is 2.32. The van der Waals surface area contributed by atoms with E-state index in [0.717, 1.165) is 5.56 Å². The van der Waals surface area contributed by atoms with E-state index >= 15 is 0 Å². The van der Waals surface area contributed by atoms with Crippen LogP contribution in [0, 0.1) is 0 Å². The second-order valence-corrected chi connectivity index (χ2v) is 8.53. The Morgan fingerprint density at radius 2 is 1.79 bits per heavy atom. The second-order valence-electron chi connectivity index (χ2n) is 6.67. The van der Waals surface area contributed by atoms with Crippen LogP contribution in [0.15, 0.2) is 77.7 Å². The van der Waals surface area contributed by atoms with Crippen LogP contribution < -0.4 is 14.4 Å². The third-order valence-electron chi connectivity index (χ3n) is 4.86. The van der Waals surface area contributed by atoms with Crippen molar-refractivity contribution in [2.75, 3.05) is 23.3 Å². The van der Waals surface area contributed by atoms with Crippen LogP contribution in [0.4, 0.5) is 11.4 Å². The lowest BCUT2D eigenvalue weighted by molar-refractivity contribution is 0.102. The van der Waals surface area contributed by atoms with Crippen LogP contribution in [0.25, 0.3) is 0 Å². The SMILES string of the molecule is COc1cccc(NC(=O)c2cccc(S(=O)(=O)N3CCc4ccccc43)c2)c1. The lowest BCUT2D eigenvalue weighted by atomic mass is 10.2. The fourth-order valence-electron chi connectivity index (χ4n) is 3.39. The predicted octanol–water partition coefficient (Wildman–Crippen LogP) is 3.70. The van der Waals surface area contributed by atoms with Crippen molar-refractivity contribution in [2.45, 2.75) is 11.3 Å². The molecular formula is C22H20N2O4S. The molecule has 0 aliphatic carbocycles. The summed E-state index contributed by atoms with van der Waals surface area (Å²) in [6.07, 6.45) is 0.672. The number of anilines is 2. The first-order chi connectivity index (χ1) is 14.0. The summed E-state index contributed by atoms with van der Waals surface area (Å²) in [5.74, 6) is 0.226. The maximum atomic E-state index is 13.2. The van der Waals surface area contributed by atoms with E-state index in [4.69, 9.17) is 4.74 Å². The van der Waals surface area contributed by atoms with Gasteiger partial charge in [0.1, 0.15) is 5.75 Å². The molecule has 1 aliphatic heterocycles. The van der Waals surface area contributed by atoms with Gasteiger partial charge in [-0.15, -0.1) is 0 Å². The average Bonchev–Trinajstić information content (AvgIpc) is 3.19. The molecule has 1 heterocycles. The minimum absolute atomic E-state index is 0.0903. The van der Waals surface area contributed by atoms with Gasteiger partial charge in [-0.05, 0) is 48.4 Å². The second kappa shape index (κ2) is 7.60. The number of methoxy groups -OCH3 is 1. The standard InChI is InChI=1S/C22H20N2O4S/c1-28-19-9-5-8-18(15-19)23-22(25)17-7-4-10-20(14-17)29(26,27)24-13-12-16-6-2-3-11-21(16)24/h2-11,14-15H,12-13H2,1H3,(H,23,25). The highest BCUT2D eigenvalue weighted by Gasteiger charge is 2.30. The molecule has 29 heavy (non-hydrogen) atoms. The number of fused-ring (bicyclic) bond motifs is 1.